The summed E-state index contributed by atoms with van der Waals surface area (Å²) in [5.41, 5.74) is 2.52. The molecule has 0 spiro atoms. The predicted octanol–water partition coefficient (Wildman–Crippen LogP) is 2.44. The fraction of sp³-hybridized carbons (Fsp3) is 0.312. The lowest BCUT2D eigenvalue weighted by molar-refractivity contribution is -0.113. The number of aryl methyl sites for hydroxylation is 2. The molecule has 2 N–H and O–H groups in total. The molecule has 1 heterocycles. The number of fused-ring (bicyclic) bond motifs is 1. The van der Waals surface area contributed by atoms with Crippen molar-refractivity contribution in [1.82, 2.24) is 9.97 Å². The number of nitrogens with one attached hydrogen (secondary N) is 2. The van der Waals surface area contributed by atoms with E-state index < -0.39 is 0 Å². The molecule has 0 aliphatic heterocycles. The molecule has 0 atom stereocenters. The zero-order valence-electron chi connectivity index (χ0n) is 12.6. The summed E-state index contributed by atoms with van der Waals surface area (Å²) < 4.78 is 13.5. The van der Waals surface area contributed by atoms with E-state index in [-0.39, 0.29) is 23.2 Å². The summed E-state index contributed by atoms with van der Waals surface area (Å²) in [5.74, 6) is -0.491. The van der Waals surface area contributed by atoms with E-state index in [1.54, 1.807) is 19.1 Å². The number of carbonyl (C=O) groups excluding carboxylic acids is 1. The van der Waals surface area contributed by atoms with Crippen LogP contribution in [-0.4, -0.2) is 21.6 Å². The Kier molecular flexibility index (Phi) is 4.47. The first-order valence-corrected chi connectivity index (χ1v) is 8.32. The van der Waals surface area contributed by atoms with Gasteiger partial charge < -0.3 is 10.3 Å². The molecule has 0 saturated carbocycles. The first kappa shape index (κ1) is 15.7. The number of benzene rings is 1. The normalized spacial score (nSPS) is 13.0. The minimum Gasteiger partial charge on any atom is -0.325 e. The van der Waals surface area contributed by atoms with Crippen LogP contribution in [0.2, 0.25) is 0 Å². The smallest absolute Gasteiger partial charge is 0.325 e. The summed E-state index contributed by atoms with van der Waals surface area (Å²) in [4.78, 5) is 30.2. The molecule has 0 saturated heterocycles. The van der Waals surface area contributed by atoms with E-state index in [1.165, 1.54) is 17.8 Å². The molecule has 0 unspecified atom stereocenters. The molecule has 0 fully saturated rings. The van der Waals surface area contributed by atoms with Crippen LogP contribution in [0.5, 0.6) is 0 Å². The number of thioether (sulfide) groups is 1. The Balaban J connectivity index is 1.65. The molecule has 1 amide bonds. The van der Waals surface area contributed by atoms with Gasteiger partial charge >= 0.3 is 5.69 Å². The van der Waals surface area contributed by atoms with Crippen LogP contribution in [0, 0.1) is 12.7 Å². The fourth-order valence-electron chi connectivity index (χ4n) is 2.56. The van der Waals surface area contributed by atoms with Crippen molar-refractivity contribution in [2.75, 3.05) is 11.1 Å². The van der Waals surface area contributed by atoms with E-state index in [9.17, 15) is 14.0 Å². The SMILES string of the molecule is Cc1ccc(NC(=O)CSc2nc(=O)[nH]c3c2CCC3)cc1F. The number of amides is 1. The number of rotatable bonds is 4. The number of hydrogen-bond acceptors (Lipinski definition) is 4. The second-order valence-corrected chi connectivity index (χ2v) is 6.42. The summed E-state index contributed by atoms with van der Waals surface area (Å²) >= 11 is 1.24. The van der Waals surface area contributed by atoms with Crippen molar-refractivity contribution in [2.24, 2.45) is 0 Å². The molecule has 7 heteroatoms. The van der Waals surface area contributed by atoms with E-state index >= 15 is 0 Å². The maximum absolute atomic E-state index is 13.5. The summed E-state index contributed by atoms with van der Waals surface area (Å²) in [6, 6.07) is 4.56. The van der Waals surface area contributed by atoms with Crippen molar-refractivity contribution in [3.8, 4) is 0 Å². The number of hydrogen-bond donors (Lipinski definition) is 2. The topological polar surface area (TPSA) is 74.8 Å². The largest absolute Gasteiger partial charge is 0.346 e. The van der Waals surface area contributed by atoms with E-state index in [2.05, 4.69) is 15.3 Å². The summed E-state index contributed by atoms with van der Waals surface area (Å²) in [6.45, 7) is 1.66. The highest BCUT2D eigenvalue weighted by Crippen LogP contribution is 2.27. The van der Waals surface area contributed by atoms with Gasteiger partial charge in [-0.3, -0.25) is 4.79 Å². The van der Waals surface area contributed by atoms with Crippen LogP contribution in [0.3, 0.4) is 0 Å². The molecule has 2 aromatic rings. The monoisotopic (exact) mass is 333 g/mol. The van der Waals surface area contributed by atoms with Gasteiger partial charge in [-0.2, -0.15) is 4.98 Å². The minimum atomic E-state index is -0.380. The van der Waals surface area contributed by atoms with Crippen LogP contribution in [0.25, 0.3) is 0 Å². The number of anilines is 1. The highest BCUT2D eigenvalue weighted by atomic mass is 32.2. The summed E-state index contributed by atoms with van der Waals surface area (Å²) in [7, 11) is 0. The molecular weight excluding hydrogens is 317 g/mol. The van der Waals surface area contributed by atoms with Crippen LogP contribution in [-0.2, 0) is 17.6 Å². The predicted molar refractivity (Wildman–Crippen MR) is 87.4 cm³/mol. The number of nitrogens with zero attached hydrogens (tertiary/aromatic N) is 1. The van der Waals surface area contributed by atoms with Gasteiger partial charge in [0.1, 0.15) is 10.8 Å². The summed E-state index contributed by atoms with van der Waals surface area (Å²) in [6.07, 6.45) is 2.70. The van der Waals surface area contributed by atoms with Gasteiger partial charge in [0, 0.05) is 16.9 Å². The zero-order chi connectivity index (χ0) is 16.4. The molecule has 1 aromatic carbocycles. The molecule has 1 aliphatic carbocycles. The Morgan fingerprint density at radius 2 is 2.26 bits per heavy atom. The minimum absolute atomic E-state index is 0.123. The first-order chi connectivity index (χ1) is 11.0. The highest BCUT2D eigenvalue weighted by Gasteiger charge is 2.18. The number of aromatic nitrogens is 2. The average molecular weight is 333 g/mol. The molecule has 1 aliphatic rings. The molecule has 0 bridgehead atoms. The Labute approximate surface area is 136 Å². The van der Waals surface area contributed by atoms with E-state index in [1.807, 2.05) is 0 Å². The van der Waals surface area contributed by atoms with Crippen molar-refractivity contribution >= 4 is 23.4 Å². The third kappa shape index (κ3) is 3.61. The lowest BCUT2D eigenvalue weighted by atomic mass is 10.2. The van der Waals surface area contributed by atoms with Crippen molar-refractivity contribution in [2.45, 2.75) is 31.2 Å². The van der Waals surface area contributed by atoms with Gasteiger partial charge in [0.25, 0.3) is 0 Å². The fourth-order valence-corrected chi connectivity index (χ4v) is 3.44. The third-order valence-corrected chi connectivity index (χ3v) is 4.75. The number of aromatic amines is 1. The quantitative estimate of drug-likeness (QED) is 0.666. The van der Waals surface area contributed by atoms with Crippen LogP contribution < -0.4 is 11.0 Å². The Morgan fingerprint density at radius 1 is 1.43 bits per heavy atom. The van der Waals surface area contributed by atoms with Crippen LogP contribution in [0.1, 0.15) is 23.2 Å². The Hall–Kier alpha value is -2.15. The van der Waals surface area contributed by atoms with Crippen LogP contribution >= 0.6 is 11.8 Å². The molecule has 5 nitrogen and oxygen atoms in total. The first-order valence-electron chi connectivity index (χ1n) is 7.34. The van der Waals surface area contributed by atoms with Gasteiger partial charge in [-0.25, -0.2) is 9.18 Å². The van der Waals surface area contributed by atoms with Gasteiger partial charge in [-0.15, -0.1) is 0 Å². The number of H-pyrrole nitrogens is 1. The van der Waals surface area contributed by atoms with Gasteiger partial charge in [0.05, 0.1) is 5.75 Å². The van der Waals surface area contributed by atoms with Crippen molar-refractivity contribution in [3.63, 3.8) is 0 Å². The zero-order valence-corrected chi connectivity index (χ0v) is 13.4. The van der Waals surface area contributed by atoms with Gasteiger partial charge in [-0.1, -0.05) is 17.8 Å². The standard InChI is InChI=1S/C16H16FN3O2S/c1-9-5-6-10(7-12(9)17)18-14(21)8-23-15-11-3-2-4-13(11)19-16(22)20-15/h5-7H,2-4,8H2,1H3,(H,18,21)(H,19,20,22). The average Bonchev–Trinajstić information content (AvgIpc) is 2.97. The van der Waals surface area contributed by atoms with E-state index in [0.29, 0.717) is 16.3 Å². The molecule has 1 aromatic heterocycles. The van der Waals surface area contributed by atoms with Gasteiger partial charge in [0.15, 0.2) is 0 Å². The number of halogens is 1. The van der Waals surface area contributed by atoms with Crippen LogP contribution in [0.15, 0.2) is 28.0 Å². The third-order valence-electron chi connectivity index (χ3n) is 3.73. The second-order valence-electron chi connectivity index (χ2n) is 5.46. The molecule has 0 radical (unpaired) electrons. The van der Waals surface area contributed by atoms with Gasteiger partial charge in [-0.05, 0) is 43.9 Å². The van der Waals surface area contributed by atoms with Crippen LogP contribution in [0.4, 0.5) is 10.1 Å². The van der Waals surface area contributed by atoms with E-state index in [0.717, 1.165) is 30.5 Å². The van der Waals surface area contributed by atoms with E-state index in [4.69, 9.17) is 0 Å². The summed E-state index contributed by atoms with van der Waals surface area (Å²) in [5, 5.41) is 3.27. The highest BCUT2D eigenvalue weighted by molar-refractivity contribution is 8.00. The van der Waals surface area contributed by atoms with Crippen molar-refractivity contribution < 1.29 is 9.18 Å². The lowest BCUT2D eigenvalue weighted by Gasteiger charge is -2.08. The maximum atomic E-state index is 13.5. The Morgan fingerprint density at radius 3 is 3.04 bits per heavy atom. The maximum Gasteiger partial charge on any atom is 0.346 e. The second kappa shape index (κ2) is 6.54. The Bertz CT molecular complexity index is 819. The molecular formula is C16H16FN3O2S. The van der Waals surface area contributed by atoms with Gasteiger partial charge in [0.2, 0.25) is 5.91 Å². The van der Waals surface area contributed by atoms with Crippen molar-refractivity contribution in [1.29, 1.82) is 0 Å². The number of carbonyl (C=O) groups is 1. The van der Waals surface area contributed by atoms with Crippen molar-refractivity contribution in [3.05, 3.63) is 51.3 Å². The molecule has 23 heavy (non-hydrogen) atoms. The molecule has 3 rings (SSSR count). The lowest BCUT2D eigenvalue weighted by Crippen LogP contribution is -2.17. The molecule has 120 valence electrons.